The number of rotatable bonds is 21. The molecule has 0 bridgehead atoms. The maximum absolute atomic E-state index is 6.12. The van der Waals surface area contributed by atoms with Gasteiger partial charge in [-0.05, 0) is 258 Å². The van der Waals surface area contributed by atoms with E-state index in [-0.39, 0.29) is 13.6 Å². The van der Waals surface area contributed by atoms with Crippen LogP contribution in [0.2, 0.25) is 0 Å². The molecule has 0 spiro atoms. The zero-order valence-electron chi connectivity index (χ0n) is 84.1. The Kier molecular flexibility index (Phi) is 32.0. The summed E-state index contributed by atoms with van der Waals surface area (Å²) in [4.78, 5) is 15.4. The second kappa shape index (κ2) is 46.1. The Morgan fingerprint density at radius 3 is 0.764 bits per heavy atom. The van der Waals surface area contributed by atoms with Gasteiger partial charge < -0.3 is 37.9 Å². The van der Waals surface area contributed by atoms with Gasteiger partial charge in [0.2, 0.25) is 37.1 Å². The van der Waals surface area contributed by atoms with E-state index in [1.54, 1.807) is 28.4 Å². The van der Waals surface area contributed by atoms with Gasteiger partial charge in [0.1, 0.15) is 0 Å². The molecule has 0 radical (unpaired) electrons. The van der Waals surface area contributed by atoms with Crippen LogP contribution in [0.25, 0.3) is 77.2 Å². The summed E-state index contributed by atoms with van der Waals surface area (Å²) in [7, 11) is 2.90. The number of hydrogen-bond acceptors (Lipinski definition) is 12. The molecule has 4 aromatic heterocycles. The fraction of sp³-hybridized carbons (Fsp3) is 0.141. The fourth-order valence-corrected chi connectivity index (χ4v) is 32.6. The van der Waals surface area contributed by atoms with Gasteiger partial charge in [0, 0.05) is 75.1 Å². The topological polar surface area (TPSA) is 99.6 Å². The molecule has 10 nitrogen and oxygen atoms in total. The summed E-state index contributed by atoms with van der Waals surface area (Å²) in [6.45, 7) is 27.2. The van der Waals surface area contributed by atoms with Crippen LogP contribution < -0.4 is 102 Å². The van der Waals surface area contributed by atoms with E-state index in [2.05, 4.69) is 411 Å². The first kappa shape index (κ1) is 100.0. The smallest absolute Gasteiger partial charge is 0.231 e. The third-order valence-corrected chi connectivity index (χ3v) is 38.7. The second-order valence-corrected chi connectivity index (χ2v) is 47.0. The Labute approximate surface area is 860 Å². The zero-order valence-corrected chi connectivity index (χ0v) is 89.3. The van der Waals surface area contributed by atoms with Crippen LogP contribution in [-0.2, 0) is 0 Å². The van der Waals surface area contributed by atoms with E-state index in [9.17, 15) is 0 Å². The molecule has 0 saturated carbocycles. The molecule has 0 unspecified atom stereocenters. The molecule has 2 aliphatic rings. The van der Waals surface area contributed by atoms with Crippen molar-refractivity contribution in [3.8, 4) is 102 Å². The summed E-state index contributed by atoms with van der Waals surface area (Å²) in [5.74, 6) is 4.92. The van der Waals surface area contributed by atoms with Crippen molar-refractivity contribution in [2.24, 2.45) is 0 Å². The first-order valence-corrected chi connectivity index (χ1v) is 55.3. The summed E-state index contributed by atoms with van der Waals surface area (Å²) in [6, 6.07) is 138. The van der Waals surface area contributed by atoms with Gasteiger partial charge in [-0.25, -0.2) is 0 Å². The number of benzene rings is 16. The lowest BCUT2D eigenvalue weighted by Crippen LogP contribution is -2.27. The van der Waals surface area contributed by atoms with Gasteiger partial charge in [0.05, 0.1) is 39.6 Å². The quantitative estimate of drug-likeness (QED) is 0.0647. The number of pyridine rings is 2. The number of nitrogens with zero attached hydrogens (tertiary/aromatic N) is 2. The summed E-state index contributed by atoms with van der Waals surface area (Å²) in [6.07, 6.45) is 0. The average molecular weight is 2000 g/mol. The predicted octanol–water partition coefficient (Wildman–Crippen LogP) is 28.2. The molecule has 16 aromatic carbocycles. The molecule has 16 heteroatoms. The molecular formula is C128H116N2O8P4S2. The van der Waals surface area contributed by atoms with Crippen molar-refractivity contribution in [2.75, 3.05) is 42.0 Å². The highest BCUT2D eigenvalue weighted by Gasteiger charge is 2.37. The zero-order chi connectivity index (χ0) is 100. The van der Waals surface area contributed by atoms with E-state index in [0.29, 0.717) is 23.5 Å². The molecule has 2 aliphatic heterocycles. The fourth-order valence-electron chi connectivity index (χ4n) is 19.7. The van der Waals surface area contributed by atoms with Crippen LogP contribution in [0.3, 0.4) is 0 Å². The highest BCUT2D eigenvalue weighted by Crippen LogP contribution is 2.54. The molecule has 718 valence electrons. The van der Waals surface area contributed by atoms with Crippen LogP contribution in [0.15, 0.2) is 388 Å². The average Bonchev–Trinajstić information content (AvgIpc) is 0.956. The maximum atomic E-state index is 6.12. The Hall–Kier alpha value is -14.1. The number of fused-ring (bicyclic) bond motifs is 4. The van der Waals surface area contributed by atoms with Crippen molar-refractivity contribution in [3.63, 3.8) is 0 Å². The first-order chi connectivity index (χ1) is 70.3. The van der Waals surface area contributed by atoms with Crippen molar-refractivity contribution in [1.29, 1.82) is 0 Å². The molecule has 20 aromatic rings. The number of aromatic nitrogens is 2. The summed E-state index contributed by atoms with van der Waals surface area (Å²) >= 11 is 3.93. The van der Waals surface area contributed by atoms with Crippen molar-refractivity contribution < 1.29 is 37.9 Å². The first-order valence-electron chi connectivity index (χ1n) is 48.3. The van der Waals surface area contributed by atoms with Gasteiger partial charge in [0.25, 0.3) is 0 Å². The molecule has 0 aliphatic carbocycles. The van der Waals surface area contributed by atoms with Gasteiger partial charge >= 0.3 is 0 Å². The Morgan fingerprint density at radius 2 is 0.479 bits per heavy atom. The van der Waals surface area contributed by atoms with E-state index < -0.39 is 31.7 Å². The van der Waals surface area contributed by atoms with Gasteiger partial charge in [-0.2, -0.15) is 9.97 Å². The van der Waals surface area contributed by atoms with E-state index in [4.69, 9.17) is 47.9 Å². The van der Waals surface area contributed by atoms with E-state index in [1.807, 2.05) is 83.3 Å². The SMILES string of the molecule is COc1cc(P(c2ccccc2)c2ccccc2)c(-c2c(P(c3ccccc3)c3ccccc3)cc(OC)nc2OC)c(OC)n1.Cc1ccc2c(c1-c1c(C)ccc3c1OCO3)OCO2.Cc1ccc2ccccc2c1-c1c(C)ccc2ccccc12.Cc1cccc(C)c1-c1c(C)cccc1C.Cc1sc(C)c(P(c2ccccc2)c2ccccc2)c1-c1c(C)sc(C)c1P(c1ccccc1)c1ccccc1. The normalized spacial score (nSPS) is 11.6. The third kappa shape index (κ3) is 21.2. The van der Waals surface area contributed by atoms with Gasteiger partial charge in [-0.15, -0.1) is 22.7 Å². The lowest BCUT2D eigenvalue weighted by molar-refractivity contribution is 0.173. The highest BCUT2D eigenvalue weighted by molar-refractivity contribution is 7.82. The minimum atomic E-state index is -1.11. The van der Waals surface area contributed by atoms with Crippen molar-refractivity contribution in [1.82, 2.24) is 9.97 Å². The molecule has 0 atom stereocenters. The van der Waals surface area contributed by atoms with Crippen molar-refractivity contribution >= 4 is 140 Å². The molecule has 6 heterocycles. The minimum absolute atomic E-state index is 0.261. The highest BCUT2D eigenvalue weighted by atomic mass is 32.1. The van der Waals surface area contributed by atoms with Crippen LogP contribution in [0.5, 0.6) is 46.5 Å². The molecule has 0 fully saturated rings. The van der Waals surface area contributed by atoms with Gasteiger partial charge in [-0.3, -0.25) is 0 Å². The van der Waals surface area contributed by atoms with Gasteiger partial charge in [-0.1, -0.05) is 364 Å². The van der Waals surface area contributed by atoms with Crippen LogP contribution in [0.4, 0.5) is 0 Å². The molecule has 0 saturated heterocycles. The summed E-state index contributed by atoms with van der Waals surface area (Å²) in [5.41, 5.74) is 22.5. The Balaban J connectivity index is 0.000000125. The maximum Gasteiger partial charge on any atom is 0.231 e. The van der Waals surface area contributed by atoms with Crippen LogP contribution in [-0.4, -0.2) is 52.0 Å². The number of methoxy groups -OCH3 is 4. The minimum Gasteiger partial charge on any atom is -0.481 e. The molecule has 0 amide bonds. The second-order valence-electron chi connectivity index (χ2n) is 35.5. The number of hydrogen-bond donors (Lipinski definition) is 0. The number of thiophene rings is 2. The van der Waals surface area contributed by atoms with Crippen LogP contribution in [0.1, 0.15) is 64.0 Å². The molecular weight excluding hydrogens is 1880 g/mol. The van der Waals surface area contributed by atoms with Crippen LogP contribution in [0, 0.1) is 83.1 Å². The van der Waals surface area contributed by atoms with Crippen molar-refractivity contribution in [3.05, 3.63) is 452 Å². The monoisotopic (exact) mass is 2000 g/mol. The lowest BCUT2D eigenvalue weighted by Gasteiger charge is -2.28. The predicted molar refractivity (Wildman–Crippen MR) is 616 cm³/mol. The number of ether oxygens (including phenoxy) is 8. The largest absolute Gasteiger partial charge is 0.481 e. The Morgan fingerprint density at radius 1 is 0.222 bits per heavy atom. The van der Waals surface area contributed by atoms with Crippen molar-refractivity contribution in [2.45, 2.75) is 83.1 Å². The molecule has 144 heavy (non-hydrogen) atoms. The lowest BCUT2D eigenvalue weighted by atomic mass is 9.88. The molecule has 22 rings (SSSR count). The third-order valence-electron chi connectivity index (χ3n) is 26.2. The van der Waals surface area contributed by atoms with Gasteiger partial charge in [0.15, 0.2) is 23.0 Å². The van der Waals surface area contributed by atoms with E-state index >= 15 is 0 Å². The molecule has 0 N–H and O–H groups in total. The summed E-state index contributed by atoms with van der Waals surface area (Å²) < 4.78 is 46.1. The number of aryl methyl sites for hydroxylation is 12. The van der Waals surface area contributed by atoms with E-state index in [0.717, 1.165) is 67.0 Å². The van der Waals surface area contributed by atoms with Crippen LogP contribution >= 0.6 is 54.4 Å². The van der Waals surface area contributed by atoms with E-state index in [1.165, 1.54) is 161 Å². The standard InChI is InChI=1S/C38H34N2O4P2.C36H32P2S2.C22H18.C16H14O4.C16H18/c1-41-33-25-31(45(27-17-9-5-10-18-27)28-19-11-6-12-20-28)35(37(39-33)43-3)36-32(26-34(42-2)40-38(36)44-4)46(29-21-13-7-14-22-29)30-23-15-8-16-24-30;1-25-33(35(27(3)39-25)37(29-17-9-5-10-18-29)30-19-11-6-12-20-30)34-26(2)40-28(4)36(34)38(31-21-13-7-14-22-31)32-23-15-8-16-24-32;1-15-11-13-17-7-3-5-9-19(17)21(15)22-16(2)12-14-18-8-4-6-10-20(18)22;1-9-3-5-11-15(19-7-17-11)13(9)14-10(2)4-6-12-16(14)20-8-18-12;1-11-7-5-8-12(2)15(11)16-13(3)9-6-10-14(16)4/h5-26H,1-4H3;5-24H,1-4H3;3-14H,1-2H3;3-6H,7-8H2,1-2H3;5-10H,1-4H3. The Bertz CT molecular complexity index is 7250. The summed E-state index contributed by atoms with van der Waals surface area (Å²) in [5, 5.41) is 20.7.